The fourth-order valence-electron chi connectivity index (χ4n) is 3.96. The summed E-state index contributed by atoms with van der Waals surface area (Å²) in [7, 11) is 3.89. The maximum Gasteiger partial charge on any atom is 0.317 e. The number of piperidine rings is 1. The van der Waals surface area contributed by atoms with Crippen molar-refractivity contribution >= 4 is 6.03 Å². The fraction of sp³-hybridized carbons (Fsp3) is 0.381. The highest BCUT2D eigenvalue weighted by molar-refractivity contribution is 5.75. The van der Waals surface area contributed by atoms with E-state index in [2.05, 4.69) is 33.7 Å². The number of nitrogens with zero attached hydrogens (tertiary/aromatic N) is 5. The highest BCUT2D eigenvalue weighted by atomic mass is 16.2. The molecule has 7 nitrogen and oxygen atoms in total. The van der Waals surface area contributed by atoms with Gasteiger partial charge in [-0.2, -0.15) is 10.2 Å². The van der Waals surface area contributed by atoms with Gasteiger partial charge in [-0.1, -0.05) is 24.3 Å². The zero-order valence-corrected chi connectivity index (χ0v) is 16.4. The van der Waals surface area contributed by atoms with Crippen LogP contribution >= 0.6 is 0 Å². The fourth-order valence-corrected chi connectivity index (χ4v) is 3.96. The molecule has 2 amide bonds. The Balaban J connectivity index is 1.35. The number of hydrogen-bond acceptors (Lipinski definition) is 3. The number of aryl methyl sites for hydroxylation is 2. The molecule has 0 saturated carbocycles. The lowest BCUT2D eigenvalue weighted by Crippen LogP contribution is -2.44. The summed E-state index contributed by atoms with van der Waals surface area (Å²) in [5, 5.41) is 11.6. The molecule has 0 spiro atoms. The molecule has 3 heterocycles. The van der Waals surface area contributed by atoms with Crippen LogP contribution in [-0.4, -0.2) is 43.6 Å². The second kappa shape index (κ2) is 7.88. The molecule has 1 saturated heterocycles. The number of carbonyl (C=O) groups excluding carboxylic acids is 1. The minimum Gasteiger partial charge on any atom is -0.334 e. The van der Waals surface area contributed by atoms with Crippen LogP contribution in [0.2, 0.25) is 0 Å². The molecule has 0 radical (unpaired) electrons. The molecule has 4 rings (SSSR count). The molecule has 0 unspecified atom stereocenters. The van der Waals surface area contributed by atoms with Crippen LogP contribution in [0.15, 0.2) is 48.9 Å². The summed E-state index contributed by atoms with van der Waals surface area (Å²) >= 11 is 0. The molecule has 2 aromatic heterocycles. The third-order valence-electron chi connectivity index (χ3n) is 5.52. The van der Waals surface area contributed by atoms with E-state index in [0.29, 0.717) is 12.5 Å². The minimum atomic E-state index is 0.00412. The Morgan fingerprint density at radius 1 is 1.14 bits per heavy atom. The SMILES string of the molecule is Cn1cc(-c2ccccc2CNC(=O)N2CCC(c3ccnn3C)CC2)cn1. The molecule has 1 fully saturated rings. The smallest absolute Gasteiger partial charge is 0.317 e. The van der Waals surface area contributed by atoms with Gasteiger partial charge < -0.3 is 10.2 Å². The van der Waals surface area contributed by atoms with E-state index in [1.165, 1.54) is 5.69 Å². The van der Waals surface area contributed by atoms with Gasteiger partial charge in [-0.3, -0.25) is 9.36 Å². The van der Waals surface area contributed by atoms with Crippen molar-refractivity contribution in [1.82, 2.24) is 29.8 Å². The third kappa shape index (κ3) is 3.78. The van der Waals surface area contributed by atoms with Gasteiger partial charge >= 0.3 is 6.03 Å². The number of rotatable bonds is 4. The largest absolute Gasteiger partial charge is 0.334 e. The summed E-state index contributed by atoms with van der Waals surface area (Å²) in [5.41, 5.74) is 4.51. The Hall–Kier alpha value is -3.09. The van der Waals surface area contributed by atoms with Gasteiger partial charge in [0.25, 0.3) is 0 Å². The number of urea groups is 1. The molecular formula is C21H26N6O. The maximum absolute atomic E-state index is 12.7. The van der Waals surface area contributed by atoms with Crippen molar-refractivity contribution in [3.05, 3.63) is 60.2 Å². The summed E-state index contributed by atoms with van der Waals surface area (Å²) < 4.78 is 3.73. The number of likely N-dealkylation sites (tertiary alicyclic amines) is 1. The first kappa shape index (κ1) is 18.3. The minimum absolute atomic E-state index is 0.00412. The average molecular weight is 378 g/mol. The van der Waals surface area contributed by atoms with E-state index in [1.54, 1.807) is 4.68 Å². The van der Waals surface area contributed by atoms with Crippen molar-refractivity contribution in [2.24, 2.45) is 14.1 Å². The molecule has 146 valence electrons. The van der Waals surface area contributed by atoms with Crippen LogP contribution in [0, 0.1) is 0 Å². The van der Waals surface area contributed by atoms with E-state index in [9.17, 15) is 4.79 Å². The van der Waals surface area contributed by atoms with E-state index in [-0.39, 0.29) is 6.03 Å². The van der Waals surface area contributed by atoms with Gasteiger partial charge in [0.1, 0.15) is 0 Å². The van der Waals surface area contributed by atoms with Gasteiger partial charge in [0.2, 0.25) is 0 Å². The second-order valence-corrected chi connectivity index (χ2v) is 7.36. The van der Waals surface area contributed by atoms with Crippen LogP contribution in [-0.2, 0) is 20.6 Å². The van der Waals surface area contributed by atoms with Crippen LogP contribution in [0.5, 0.6) is 0 Å². The average Bonchev–Trinajstić information content (AvgIpc) is 3.34. The zero-order valence-electron chi connectivity index (χ0n) is 16.4. The molecule has 28 heavy (non-hydrogen) atoms. The Morgan fingerprint density at radius 3 is 2.61 bits per heavy atom. The number of nitrogens with one attached hydrogen (secondary N) is 1. The first-order valence-electron chi connectivity index (χ1n) is 9.69. The summed E-state index contributed by atoms with van der Waals surface area (Å²) in [6.45, 7) is 2.05. The van der Waals surface area contributed by atoms with Crippen LogP contribution in [0.4, 0.5) is 4.79 Å². The first-order chi connectivity index (χ1) is 13.6. The van der Waals surface area contributed by atoms with Crippen molar-refractivity contribution < 1.29 is 4.79 Å². The highest BCUT2D eigenvalue weighted by Gasteiger charge is 2.25. The molecule has 1 N–H and O–H groups in total. The monoisotopic (exact) mass is 378 g/mol. The lowest BCUT2D eigenvalue weighted by molar-refractivity contribution is 0.180. The molecule has 3 aromatic rings. The molecule has 0 bridgehead atoms. The number of amides is 2. The third-order valence-corrected chi connectivity index (χ3v) is 5.52. The van der Waals surface area contributed by atoms with Crippen molar-refractivity contribution in [3.8, 4) is 11.1 Å². The molecule has 1 aromatic carbocycles. The van der Waals surface area contributed by atoms with E-state index >= 15 is 0 Å². The van der Waals surface area contributed by atoms with Crippen LogP contribution in [0.25, 0.3) is 11.1 Å². The zero-order chi connectivity index (χ0) is 19.5. The van der Waals surface area contributed by atoms with Crippen molar-refractivity contribution in [3.63, 3.8) is 0 Å². The Kier molecular flexibility index (Phi) is 5.14. The molecule has 7 heteroatoms. The van der Waals surface area contributed by atoms with Crippen LogP contribution in [0.3, 0.4) is 0 Å². The molecule has 0 atom stereocenters. The molecular weight excluding hydrogens is 352 g/mol. The lowest BCUT2D eigenvalue weighted by Gasteiger charge is -2.32. The van der Waals surface area contributed by atoms with Crippen molar-refractivity contribution in [1.29, 1.82) is 0 Å². The predicted molar refractivity (Wildman–Crippen MR) is 108 cm³/mol. The molecule has 0 aliphatic carbocycles. The highest BCUT2D eigenvalue weighted by Crippen LogP contribution is 2.27. The van der Waals surface area contributed by atoms with Crippen LogP contribution in [0.1, 0.15) is 30.0 Å². The van der Waals surface area contributed by atoms with Gasteiger partial charge in [-0.15, -0.1) is 0 Å². The van der Waals surface area contributed by atoms with E-state index in [0.717, 1.165) is 42.6 Å². The summed E-state index contributed by atoms with van der Waals surface area (Å²) in [6.07, 6.45) is 7.63. The number of hydrogen-bond donors (Lipinski definition) is 1. The van der Waals surface area contributed by atoms with Gasteiger partial charge in [0, 0.05) is 63.3 Å². The quantitative estimate of drug-likeness (QED) is 0.759. The summed E-state index contributed by atoms with van der Waals surface area (Å²) in [5.74, 6) is 0.475. The topological polar surface area (TPSA) is 68.0 Å². The lowest BCUT2D eigenvalue weighted by atomic mass is 9.93. The van der Waals surface area contributed by atoms with Gasteiger partial charge in [0.05, 0.1) is 6.20 Å². The summed E-state index contributed by atoms with van der Waals surface area (Å²) in [4.78, 5) is 14.6. The normalized spacial score (nSPS) is 15.0. The Labute approximate surface area is 165 Å². The predicted octanol–water partition coefficient (Wildman–Crippen LogP) is 2.91. The van der Waals surface area contributed by atoms with E-state index in [1.807, 2.05) is 54.4 Å². The van der Waals surface area contributed by atoms with Gasteiger partial charge in [-0.05, 0) is 30.0 Å². The van der Waals surface area contributed by atoms with E-state index in [4.69, 9.17) is 0 Å². The molecule has 1 aliphatic heterocycles. The second-order valence-electron chi connectivity index (χ2n) is 7.36. The van der Waals surface area contributed by atoms with Gasteiger partial charge in [-0.25, -0.2) is 4.79 Å². The number of benzene rings is 1. The Bertz CT molecular complexity index is 951. The summed E-state index contributed by atoms with van der Waals surface area (Å²) in [6, 6.07) is 10.2. The number of carbonyl (C=O) groups is 1. The Morgan fingerprint density at radius 2 is 1.93 bits per heavy atom. The van der Waals surface area contributed by atoms with E-state index < -0.39 is 0 Å². The van der Waals surface area contributed by atoms with Crippen molar-refractivity contribution in [2.45, 2.75) is 25.3 Å². The molecule has 1 aliphatic rings. The first-order valence-corrected chi connectivity index (χ1v) is 9.69. The van der Waals surface area contributed by atoms with Crippen LogP contribution < -0.4 is 5.32 Å². The van der Waals surface area contributed by atoms with Crippen molar-refractivity contribution in [2.75, 3.05) is 13.1 Å². The number of aromatic nitrogens is 4. The maximum atomic E-state index is 12.7. The van der Waals surface area contributed by atoms with Gasteiger partial charge in [0.15, 0.2) is 0 Å². The standard InChI is InChI=1S/C21H26N6O/c1-25-15-18(14-24-25)19-6-4-3-5-17(19)13-22-21(28)27-11-8-16(9-12-27)20-7-10-23-26(20)2/h3-7,10,14-16H,8-9,11-13H2,1-2H3,(H,22,28).